The third-order valence-electron chi connectivity index (χ3n) is 2.11. The summed E-state index contributed by atoms with van der Waals surface area (Å²) >= 11 is 0. The molecule has 0 radical (unpaired) electrons. The maximum Gasteiger partial charge on any atom is 0.282 e. The monoisotopic (exact) mass is 203 g/mol. The molecule has 6 heteroatoms. The average Bonchev–Trinajstić information content (AvgIpc) is 2.51. The van der Waals surface area contributed by atoms with E-state index in [2.05, 4.69) is 0 Å². The lowest BCUT2D eigenvalue weighted by Gasteiger charge is -2.22. The van der Waals surface area contributed by atoms with Crippen molar-refractivity contribution in [2.75, 3.05) is 20.6 Å². The highest BCUT2D eigenvalue weighted by Crippen LogP contribution is 2.21. The minimum Gasteiger partial charge on any atom is -0.197 e. The summed E-state index contributed by atoms with van der Waals surface area (Å²) in [6.45, 7) is 0.457. The summed E-state index contributed by atoms with van der Waals surface area (Å²) in [7, 11) is -0.445. The number of rotatable bonds is 2. The van der Waals surface area contributed by atoms with Crippen LogP contribution in [0.25, 0.3) is 0 Å². The lowest BCUT2D eigenvalue weighted by molar-refractivity contribution is 0.393. The highest BCUT2D eigenvalue weighted by atomic mass is 32.2. The molecule has 0 saturated carbocycles. The zero-order valence-electron chi connectivity index (χ0n) is 7.77. The van der Waals surface area contributed by atoms with Crippen LogP contribution in [0.5, 0.6) is 0 Å². The van der Waals surface area contributed by atoms with Crippen molar-refractivity contribution in [2.24, 2.45) is 0 Å². The van der Waals surface area contributed by atoms with Gasteiger partial charge in [-0.15, -0.1) is 0 Å². The molecule has 0 N–H and O–H groups in total. The van der Waals surface area contributed by atoms with Gasteiger partial charge in [0.1, 0.15) is 6.04 Å². The summed E-state index contributed by atoms with van der Waals surface area (Å²) in [5, 5.41) is 8.71. The Morgan fingerprint density at radius 1 is 1.54 bits per heavy atom. The van der Waals surface area contributed by atoms with Gasteiger partial charge in [-0.1, -0.05) is 0 Å². The van der Waals surface area contributed by atoms with Gasteiger partial charge < -0.3 is 0 Å². The predicted molar refractivity (Wildman–Crippen MR) is 47.9 cm³/mol. The van der Waals surface area contributed by atoms with Crippen molar-refractivity contribution in [3.05, 3.63) is 0 Å². The van der Waals surface area contributed by atoms with Gasteiger partial charge in [0, 0.05) is 20.6 Å². The third kappa shape index (κ3) is 1.82. The molecule has 1 saturated heterocycles. The smallest absolute Gasteiger partial charge is 0.197 e. The zero-order valence-corrected chi connectivity index (χ0v) is 8.58. The summed E-state index contributed by atoms with van der Waals surface area (Å²) in [5.41, 5.74) is 0. The second-order valence-corrected chi connectivity index (χ2v) is 5.28. The van der Waals surface area contributed by atoms with Crippen molar-refractivity contribution < 1.29 is 8.42 Å². The van der Waals surface area contributed by atoms with Gasteiger partial charge in [-0.3, -0.25) is 0 Å². The Balaban J connectivity index is 2.90. The van der Waals surface area contributed by atoms with E-state index in [9.17, 15) is 8.42 Å². The molecule has 74 valence electrons. The van der Waals surface area contributed by atoms with E-state index >= 15 is 0 Å². The van der Waals surface area contributed by atoms with Gasteiger partial charge in [0.2, 0.25) is 0 Å². The molecule has 0 aromatic rings. The fraction of sp³-hybridized carbons (Fsp3) is 0.857. The molecule has 0 spiro atoms. The van der Waals surface area contributed by atoms with Crippen molar-refractivity contribution in [3.8, 4) is 6.07 Å². The van der Waals surface area contributed by atoms with Gasteiger partial charge in [0.25, 0.3) is 10.2 Å². The molecule has 1 unspecified atom stereocenters. The first-order valence-corrected chi connectivity index (χ1v) is 5.48. The quantitative estimate of drug-likeness (QED) is 0.623. The SMILES string of the molecule is CN(C)S(=O)(=O)N1CCCC1C#N. The van der Waals surface area contributed by atoms with E-state index < -0.39 is 16.3 Å². The van der Waals surface area contributed by atoms with Crippen molar-refractivity contribution in [2.45, 2.75) is 18.9 Å². The van der Waals surface area contributed by atoms with Crippen molar-refractivity contribution in [1.29, 1.82) is 5.26 Å². The molecule has 5 nitrogen and oxygen atoms in total. The van der Waals surface area contributed by atoms with E-state index in [0.29, 0.717) is 13.0 Å². The van der Waals surface area contributed by atoms with Gasteiger partial charge in [-0.05, 0) is 12.8 Å². The zero-order chi connectivity index (χ0) is 10.1. The van der Waals surface area contributed by atoms with Crippen LogP contribution in [0.1, 0.15) is 12.8 Å². The first-order valence-electron chi connectivity index (χ1n) is 4.09. The molecule has 1 rings (SSSR count). The summed E-state index contributed by atoms with van der Waals surface area (Å²) in [5.74, 6) is 0. The Bertz CT molecular complexity index is 317. The first kappa shape index (κ1) is 10.4. The maximum absolute atomic E-state index is 11.6. The molecule has 13 heavy (non-hydrogen) atoms. The van der Waals surface area contributed by atoms with Crippen LogP contribution in [0.3, 0.4) is 0 Å². The molecule has 1 fully saturated rings. The highest BCUT2D eigenvalue weighted by molar-refractivity contribution is 7.86. The van der Waals surface area contributed by atoms with E-state index in [1.807, 2.05) is 6.07 Å². The Labute approximate surface area is 78.7 Å². The van der Waals surface area contributed by atoms with E-state index in [1.54, 1.807) is 0 Å². The normalized spacial score (nSPS) is 24.9. The number of hydrogen-bond acceptors (Lipinski definition) is 3. The summed E-state index contributed by atoms with van der Waals surface area (Å²) in [6.07, 6.45) is 1.41. The van der Waals surface area contributed by atoms with Crippen LogP contribution in [0.2, 0.25) is 0 Å². The molecule has 1 aliphatic heterocycles. The molecule has 0 aliphatic carbocycles. The van der Waals surface area contributed by atoms with Crippen molar-refractivity contribution >= 4 is 10.2 Å². The summed E-state index contributed by atoms with van der Waals surface area (Å²) < 4.78 is 25.6. The highest BCUT2D eigenvalue weighted by Gasteiger charge is 2.35. The van der Waals surface area contributed by atoms with Gasteiger partial charge in [0.05, 0.1) is 6.07 Å². The molecular formula is C7H13N3O2S. The van der Waals surface area contributed by atoms with E-state index in [1.165, 1.54) is 18.4 Å². The largest absolute Gasteiger partial charge is 0.282 e. The van der Waals surface area contributed by atoms with Crippen LogP contribution in [0, 0.1) is 11.3 Å². The number of nitrogens with zero attached hydrogens (tertiary/aromatic N) is 3. The molecular weight excluding hydrogens is 190 g/mol. The Morgan fingerprint density at radius 3 is 2.62 bits per heavy atom. The molecule has 0 aromatic carbocycles. The van der Waals surface area contributed by atoms with E-state index in [4.69, 9.17) is 5.26 Å². The Kier molecular flexibility index (Phi) is 2.91. The van der Waals surface area contributed by atoms with E-state index in [-0.39, 0.29) is 0 Å². The van der Waals surface area contributed by atoms with Crippen LogP contribution in [-0.2, 0) is 10.2 Å². The van der Waals surface area contributed by atoms with Crippen LogP contribution in [0.15, 0.2) is 0 Å². The second-order valence-electron chi connectivity index (χ2n) is 3.19. The number of nitriles is 1. The van der Waals surface area contributed by atoms with Crippen LogP contribution in [-0.4, -0.2) is 43.7 Å². The van der Waals surface area contributed by atoms with Gasteiger partial charge in [-0.2, -0.15) is 22.3 Å². The lowest BCUT2D eigenvalue weighted by atomic mass is 10.2. The van der Waals surface area contributed by atoms with Crippen molar-refractivity contribution in [1.82, 2.24) is 8.61 Å². The first-order chi connectivity index (χ1) is 6.00. The van der Waals surface area contributed by atoms with Crippen LogP contribution in [0.4, 0.5) is 0 Å². The molecule has 1 aliphatic rings. The van der Waals surface area contributed by atoms with Crippen LogP contribution >= 0.6 is 0 Å². The summed E-state index contributed by atoms with van der Waals surface area (Å²) in [6, 6.07) is 1.52. The lowest BCUT2D eigenvalue weighted by Crippen LogP contribution is -2.42. The van der Waals surface area contributed by atoms with Gasteiger partial charge in [-0.25, -0.2) is 0 Å². The Hall–Kier alpha value is -0.640. The second kappa shape index (κ2) is 3.62. The third-order valence-corrected chi connectivity index (χ3v) is 4.06. The topological polar surface area (TPSA) is 64.4 Å². The van der Waals surface area contributed by atoms with Crippen LogP contribution < -0.4 is 0 Å². The minimum absolute atomic E-state index is 0.457. The molecule has 0 amide bonds. The maximum atomic E-state index is 11.6. The Morgan fingerprint density at radius 2 is 2.15 bits per heavy atom. The summed E-state index contributed by atoms with van der Waals surface area (Å²) in [4.78, 5) is 0. The fourth-order valence-electron chi connectivity index (χ4n) is 1.36. The molecule has 1 heterocycles. The molecule has 1 atom stereocenters. The van der Waals surface area contributed by atoms with Gasteiger partial charge >= 0.3 is 0 Å². The van der Waals surface area contributed by atoms with E-state index in [0.717, 1.165) is 10.7 Å². The molecule has 0 aromatic heterocycles. The predicted octanol–water partition coefficient (Wildman–Crippen LogP) is -0.219. The standard InChI is InChI=1S/C7H13N3O2S/c1-9(2)13(11,12)10-5-3-4-7(10)6-8/h7H,3-5H2,1-2H3. The molecule has 0 bridgehead atoms. The van der Waals surface area contributed by atoms with Gasteiger partial charge in [0.15, 0.2) is 0 Å². The average molecular weight is 203 g/mol. The fourth-order valence-corrected chi connectivity index (χ4v) is 2.61. The van der Waals surface area contributed by atoms with Crippen molar-refractivity contribution in [3.63, 3.8) is 0 Å². The minimum atomic E-state index is -3.39. The number of hydrogen-bond donors (Lipinski definition) is 0.